The van der Waals surface area contributed by atoms with E-state index in [0.29, 0.717) is 0 Å². The first-order chi connectivity index (χ1) is 39.8. The van der Waals surface area contributed by atoms with Crippen molar-refractivity contribution in [2.45, 2.75) is 79.1 Å². The molecule has 0 fully saturated rings. The van der Waals surface area contributed by atoms with Gasteiger partial charge in [-0.3, -0.25) is 0 Å². The summed E-state index contributed by atoms with van der Waals surface area (Å²) in [6.07, 6.45) is 1.95. The first-order valence-corrected chi connectivity index (χ1v) is 29.4. The van der Waals surface area contributed by atoms with E-state index in [0.717, 1.165) is 47.0 Å². The largest absolute Gasteiger partial charge is 0.310 e. The van der Waals surface area contributed by atoms with E-state index >= 15 is 0 Å². The maximum absolute atomic E-state index is 2.50. The predicted octanol–water partition coefficient (Wildman–Crippen LogP) is 22.9. The summed E-state index contributed by atoms with van der Waals surface area (Å²) in [7, 11) is 0. The lowest BCUT2D eigenvalue weighted by Gasteiger charge is -2.30. The van der Waals surface area contributed by atoms with Crippen molar-refractivity contribution >= 4 is 55.7 Å². The highest BCUT2D eigenvalue weighted by molar-refractivity contribution is 6.20. The van der Waals surface area contributed by atoms with Gasteiger partial charge in [-0.25, -0.2) is 0 Å². The van der Waals surface area contributed by atoms with Gasteiger partial charge < -0.3 is 9.80 Å². The SMILES string of the molecule is CCc1ccc(N(c2ccc(-c3ccc(N(c4ccc(CC)cc4)c4ccc5c6c(cccc46)-c4ccccc4-5)cc3-c3ccc(C(C)(C)C)cc3)c(-c3ccc(C(C)(C)C)cc3)c2)c2ccc3c4c(cccc24)-c2ccccc2-3)cc1. The molecule has 2 aliphatic rings. The zero-order chi connectivity index (χ0) is 56.0. The maximum atomic E-state index is 2.50. The van der Waals surface area contributed by atoms with Crippen molar-refractivity contribution in [1.29, 1.82) is 0 Å². The van der Waals surface area contributed by atoms with Crippen molar-refractivity contribution in [3.63, 3.8) is 0 Å². The number of fused-ring (bicyclic) bond motifs is 6. The monoisotopic (exact) mass is 1060 g/mol. The topological polar surface area (TPSA) is 6.48 Å². The summed E-state index contributed by atoms with van der Waals surface area (Å²) in [5.41, 5.74) is 29.4. The number of hydrogen-bond acceptors (Lipinski definition) is 2. The molecule has 0 spiro atoms. The van der Waals surface area contributed by atoms with Gasteiger partial charge in [0, 0.05) is 33.5 Å². The van der Waals surface area contributed by atoms with E-state index in [1.807, 2.05) is 0 Å². The lowest BCUT2D eigenvalue weighted by atomic mass is 9.84. The molecule has 2 nitrogen and oxygen atoms in total. The molecular formula is C80H68N2. The molecule has 0 heterocycles. The summed E-state index contributed by atoms with van der Waals surface area (Å²) in [6, 6.07) is 92.4. The van der Waals surface area contributed by atoms with Crippen molar-refractivity contribution in [3.8, 4) is 77.9 Å². The van der Waals surface area contributed by atoms with Crippen LogP contribution in [0.4, 0.5) is 34.1 Å². The van der Waals surface area contributed by atoms with Gasteiger partial charge in [0.05, 0.1) is 11.4 Å². The zero-order valence-corrected chi connectivity index (χ0v) is 48.4. The molecule has 0 bridgehead atoms. The highest BCUT2D eigenvalue weighted by Crippen LogP contribution is 2.54. The Morgan fingerprint density at radius 3 is 0.915 bits per heavy atom. The summed E-state index contributed by atoms with van der Waals surface area (Å²) < 4.78 is 0. The summed E-state index contributed by atoms with van der Waals surface area (Å²) in [6.45, 7) is 18.3. The quantitative estimate of drug-likeness (QED) is 0.127. The van der Waals surface area contributed by atoms with Gasteiger partial charge in [-0.1, -0.05) is 237 Å². The van der Waals surface area contributed by atoms with Crippen LogP contribution >= 0.6 is 0 Å². The Labute approximate surface area is 484 Å². The van der Waals surface area contributed by atoms with E-state index in [-0.39, 0.29) is 10.8 Å². The minimum atomic E-state index is -0.0000159. The van der Waals surface area contributed by atoms with Crippen LogP contribution in [0.15, 0.2) is 243 Å². The van der Waals surface area contributed by atoms with E-state index in [4.69, 9.17) is 0 Å². The first-order valence-electron chi connectivity index (χ1n) is 29.4. The van der Waals surface area contributed by atoms with E-state index in [2.05, 4.69) is 308 Å². The molecule has 0 aromatic heterocycles. The summed E-state index contributed by atoms with van der Waals surface area (Å²) in [4.78, 5) is 4.99. The minimum Gasteiger partial charge on any atom is -0.310 e. The Bertz CT molecular complexity index is 4100. The Balaban J connectivity index is 1.00. The standard InChI is InChI=1S/C80H68N2/c1-9-51-25-37-57(38-26-51)81(75-47-45-69-63-19-13-11-17-61(63)67-21-15-23-71(75)77(67)69)59-41-43-65(73(49-59)53-29-33-55(34-30-53)79(3,4)5)66-44-42-60(50-74(66)54-31-35-56(36-32-54)80(6,7)8)82(58-39-27-52(10-2)28-40-58)76-48-46-70-64-20-14-12-18-62(64)68-22-16-24-72(76)78(68)70/h11-50H,9-10H2,1-8H3. The van der Waals surface area contributed by atoms with Crippen LogP contribution in [0, 0.1) is 0 Å². The van der Waals surface area contributed by atoms with Crippen LogP contribution in [-0.2, 0) is 23.7 Å². The zero-order valence-electron chi connectivity index (χ0n) is 48.4. The summed E-state index contributed by atoms with van der Waals surface area (Å²) >= 11 is 0. The maximum Gasteiger partial charge on any atom is 0.0540 e. The summed E-state index contributed by atoms with van der Waals surface area (Å²) in [5.74, 6) is 0. The molecule has 0 amide bonds. The molecule has 82 heavy (non-hydrogen) atoms. The lowest BCUT2D eigenvalue weighted by Crippen LogP contribution is -2.12. The number of aryl methyl sites for hydroxylation is 2. The second-order valence-corrected chi connectivity index (χ2v) is 24.6. The van der Waals surface area contributed by atoms with Gasteiger partial charge in [-0.05, 0) is 195 Å². The molecule has 2 aliphatic carbocycles. The van der Waals surface area contributed by atoms with E-state index in [1.54, 1.807) is 0 Å². The number of nitrogens with zero attached hydrogens (tertiary/aromatic N) is 2. The Morgan fingerprint density at radius 2 is 0.573 bits per heavy atom. The normalized spacial score (nSPS) is 12.2. The molecule has 12 aromatic rings. The van der Waals surface area contributed by atoms with Crippen LogP contribution in [-0.4, -0.2) is 0 Å². The third kappa shape index (κ3) is 8.54. The van der Waals surface area contributed by atoms with E-state index in [9.17, 15) is 0 Å². The third-order valence-corrected chi connectivity index (χ3v) is 17.7. The molecule has 0 radical (unpaired) electrons. The smallest absolute Gasteiger partial charge is 0.0540 e. The molecule has 14 rings (SSSR count). The fraction of sp³-hybridized carbons (Fsp3) is 0.150. The molecule has 0 saturated heterocycles. The van der Waals surface area contributed by atoms with Crippen molar-refractivity contribution in [2.24, 2.45) is 0 Å². The molecule has 0 N–H and O–H groups in total. The predicted molar refractivity (Wildman–Crippen MR) is 352 cm³/mol. The second kappa shape index (κ2) is 19.8. The van der Waals surface area contributed by atoms with Gasteiger partial charge in [0.1, 0.15) is 0 Å². The van der Waals surface area contributed by atoms with Crippen LogP contribution in [0.2, 0.25) is 0 Å². The average Bonchev–Trinajstić information content (AvgIpc) is 3.55. The second-order valence-electron chi connectivity index (χ2n) is 24.6. The molecule has 398 valence electrons. The number of benzene rings is 12. The molecule has 0 atom stereocenters. The van der Waals surface area contributed by atoms with E-state index in [1.165, 1.54) is 122 Å². The molecular weight excluding hydrogens is 989 g/mol. The van der Waals surface area contributed by atoms with Gasteiger partial charge in [-0.15, -0.1) is 0 Å². The van der Waals surface area contributed by atoms with Crippen molar-refractivity contribution in [2.75, 3.05) is 9.80 Å². The fourth-order valence-corrected chi connectivity index (χ4v) is 13.2. The van der Waals surface area contributed by atoms with Crippen molar-refractivity contribution in [1.82, 2.24) is 0 Å². The molecule has 0 saturated carbocycles. The lowest BCUT2D eigenvalue weighted by molar-refractivity contribution is 0.590. The Hall–Kier alpha value is -9.24. The van der Waals surface area contributed by atoms with Crippen LogP contribution in [0.1, 0.15) is 77.6 Å². The van der Waals surface area contributed by atoms with Gasteiger partial charge in [0.2, 0.25) is 0 Å². The molecule has 12 aromatic carbocycles. The Morgan fingerprint density at radius 1 is 0.268 bits per heavy atom. The van der Waals surface area contributed by atoms with Crippen LogP contribution in [0.25, 0.3) is 99.4 Å². The number of hydrogen-bond donors (Lipinski definition) is 0. The fourth-order valence-electron chi connectivity index (χ4n) is 13.2. The van der Waals surface area contributed by atoms with Crippen LogP contribution in [0.5, 0.6) is 0 Å². The highest BCUT2D eigenvalue weighted by Gasteiger charge is 2.29. The molecule has 2 heteroatoms. The average molecular weight is 1060 g/mol. The van der Waals surface area contributed by atoms with E-state index < -0.39 is 0 Å². The molecule has 0 unspecified atom stereocenters. The van der Waals surface area contributed by atoms with Crippen molar-refractivity contribution < 1.29 is 0 Å². The van der Waals surface area contributed by atoms with Crippen molar-refractivity contribution in [3.05, 3.63) is 265 Å². The molecule has 0 aliphatic heterocycles. The number of anilines is 6. The third-order valence-electron chi connectivity index (χ3n) is 17.7. The van der Waals surface area contributed by atoms with Gasteiger partial charge >= 0.3 is 0 Å². The first kappa shape index (κ1) is 50.9. The Kier molecular flexibility index (Phi) is 12.3. The summed E-state index contributed by atoms with van der Waals surface area (Å²) in [5, 5.41) is 5.10. The minimum absolute atomic E-state index is 0.0000159. The van der Waals surface area contributed by atoms with Crippen LogP contribution < -0.4 is 9.80 Å². The van der Waals surface area contributed by atoms with Crippen LogP contribution in [0.3, 0.4) is 0 Å². The highest BCUT2D eigenvalue weighted by atomic mass is 15.1. The van der Waals surface area contributed by atoms with Gasteiger partial charge in [0.25, 0.3) is 0 Å². The van der Waals surface area contributed by atoms with Gasteiger partial charge in [-0.2, -0.15) is 0 Å². The number of rotatable bonds is 11. The van der Waals surface area contributed by atoms with Gasteiger partial charge in [0.15, 0.2) is 0 Å².